The van der Waals surface area contributed by atoms with Gasteiger partial charge in [0.25, 0.3) is 10.2 Å². The summed E-state index contributed by atoms with van der Waals surface area (Å²) in [5.74, 6) is -0.129. The average molecular weight is 368 g/mol. The summed E-state index contributed by atoms with van der Waals surface area (Å²) in [6.07, 6.45) is 1.11. The third-order valence-electron chi connectivity index (χ3n) is 5.00. The fraction of sp³-hybridized carbons (Fsp3) is 0.611. The molecule has 1 amide bonds. The van der Waals surface area contributed by atoms with Crippen molar-refractivity contribution in [1.82, 2.24) is 13.9 Å². The number of piperidine rings is 1. The van der Waals surface area contributed by atoms with Crippen molar-refractivity contribution in [3.05, 3.63) is 34.9 Å². The molecule has 1 aromatic carbocycles. The van der Waals surface area contributed by atoms with Crippen LogP contribution in [0, 0.1) is 19.8 Å². The van der Waals surface area contributed by atoms with E-state index in [-0.39, 0.29) is 17.9 Å². The van der Waals surface area contributed by atoms with Gasteiger partial charge in [0.1, 0.15) is 0 Å². The molecule has 1 saturated heterocycles. The van der Waals surface area contributed by atoms with E-state index in [1.54, 1.807) is 0 Å². The van der Waals surface area contributed by atoms with Crippen LogP contribution in [-0.2, 0) is 15.0 Å². The van der Waals surface area contributed by atoms with E-state index in [0.29, 0.717) is 25.9 Å². The Morgan fingerprint density at radius 1 is 1.20 bits per heavy atom. The molecule has 0 aromatic heterocycles. The number of carbonyl (C=O) groups is 1. The van der Waals surface area contributed by atoms with E-state index in [4.69, 9.17) is 0 Å². The van der Waals surface area contributed by atoms with Crippen LogP contribution < -0.4 is 5.32 Å². The van der Waals surface area contributed by atoms with Gasteiger partial charge >= 0.3 is 0 Å². The highest BCUT2D eigenvalue weighted by Gasteiger charge is 2.32. The Morgan fingerprint density at radius 2 is 1.80 bits per heavy atom. The highest BCUT2D eigenvalue weighted by atomic mass is 32.2. The molecular formula is C18H29N3O3S. The molecular weight excluding hydrogens is 338 g/mol. The summed E-state index contributed by atoms with van der Waals surface area (Å²) in [5, 5.41) is 3.07. The fourth-order valence-corrected chi connectivity index (χ4v) is 4.16. The van der Waals surface area contributed by atoms with E-state index in [0.717, 1.165) is 5.56 Å². The number of aryl methyl sites for hydroxylation is 2. The molecule has 2 rings (SSSR count). The molecule has 140 valence electrons. The van der Waals surface area contributed by atoms with Crippen LogP contribution in [0.1, 0.15) is 42.5 Å². The predicted octanol–water partition coefficient (Wildman–Crippen LogP) is 2.00. The summed E-state index contributed by atoms with van der Waals surface area (Å²) in [6, 6.07) is 6.15. The number of carbonyl (C=O) groups excluding carboxylic acids is 1. The Morgan fingerprint density at radius 3 is 2.32 bits per heavy atom. The Kier molecular flexibility index (Phi) is 6.24. The van der Waals surface area contributed by atoms with E-state index in [1.807, 2.05) is 13.0 Å². The third-order valence-corrected chi connectivity index (χ3v) is 6.94. The van der Waals surface area contributed by atoms with Crippen molar-refractivity contribution in [2.75, 3.05) is 27.2 Å². The molecule has 6 nitrogen and oxygen atoms in total. The highest BCUT2D eigenvalue weighted by Crippen LogP contribution is 2.23. The maximum atomic E-state index is 12.5. The molecule has 0 spiro atoms. The minimum absolute atomic E-state index is 0.00706. The highest BCUT2D eigenvalue weighted by molar-refractivity contribution is 7.86. The lowest BCUT2D eigenvalue weighted by Crippen LogP contribution is -2.47. The first kappa shape index (κ1) is 19.9. The maximum Gasteiger partial charge on any atom is 0.281 e. The molecule has 0 unspecified atom stereocenters. The second-order valence-electron chi connectivity index (χ2n) is 7.04. The van der Waals surface area contributed by atoms with Crippen LogP contribution in [-0.4, -0.2) is 50.1 Å². The second kappa shape index (κ2) is 7.85. The van der Waals surface area contributed by atoms with Crippen LogP contribution in [0.4, 0.5) is 0 Å². The van der Waals surface area contributed by atoms with E-state index in [2.05, 4.69) is 31.3 Å². The first-order valence-electron chi connectivity index (χ1n) is 8.68. The van der Waals surface area contributed by atoms with E-state index in [1.165, 1.54) is 33.8 Å². The number of benzene rings is 1. The van der Waals surface area contributed by atoms with Crippen molar-refractivity contribution in [3.63, 3.8) is 0 Å². The number of rotatable bonds is 5. The standard InChI is InChI=1S/C18H29N3O3S/c1-13-6-7-17(12-14(13)2)15(3)19-18(22)16-8-10-21(11-9-16)25(23,24)20(4)5/h6-7,12,15-16H,8-11H2,1-5H3,(H,19,22)/t15-/m1/s1. The summed E-state index contributed by atoms with van der Waals surface area (Å²) >= 11 is 0. The van der Waals surface area contributed by atoms with Gasteiger partial charge < -0.3 is 5.32 Å². The molecule has 1 aliphatic rings. The Balaban J connectivity index is 1.93. The smallest absolute Gasteiger partial charge is 0.281 e. The summed E-state index contributed by atoms with van der Waals surface area (Å²) in [7, 11) is -0.335. The number of nitrogens with one attached hydrogen (secondary N) is 1. The molecule has 0 aliphatic carbocycles. The van der Waals surface area contributed by atoms with Gasteiger partial charge in [0.2, 0.25) is 5.91 Å². The van der Waals surface area contributed by atoms with Gasteiger partial charge in [-0.25, -0.2) is 0 Å². The largest absolute Gasteiger partial charge is 0.349 e. The molecule has 1 aromatic rings. The van der Waals surface area contributed by atoms with Gasteiger partial charge in [-0.3, -0.25) is 4.79 Å². The molecule has 1 N–H and O–H groups in total. The van der Waals surface area contributed by atoms with E-state index in [9.17, 15) is 13.2 Å². The molecule has 7 heteroatoms. The summed E-state index contributed by atoms with van der Waals surface area (Å²) in [4.78, 5) is 12.5. The summed E-state index contributed by atoms with van der Waals surface area (Å²) < 4.78 is 26.9. The SMILES string of the molecule is Cc1ccc([C@@H](C)NC(=O)C2CCN(S(=O)(=O)N(C)C)CC2)cc1C. The zero-order valence-corrected chi connectivity index (χ0v) is 16.6. The summed E-state index contributed by atoms with van der Waals surface area (Å²) in [5.41, 5.74) is 3.53. The average Bonchev–Trinajstić information content (AvgIpc) is 2.57. The van der Waals surface area contributed by atoms with Gasteiger partial charge in [0, 0.05) is 33.1 Å². The Hall–Kier alpha value is -1.44. The van der Waals surface area contributed by atoms with E-state index >= 15 is 0 Å². The first-order valence-corrected chi connectivity index (χ1v) is 10.1. The van der Waals surface area contributed by atoms with Gasteiger partial charge in [0.05, 0.1) is 6.04 Å². The van der Waals surface area contributed by atoms with Crippen molar-refractivity contribution in [3.8, 4) is 0 Å². The molecule has 0 saturated carbocycles. The van der Waals surface area contributed by atoms with Crippen LogP contribution in [0.2, 0.25) is 0 Å². The van der Waals surface area contributed by atoms with Crippen molar-refractivity contribution >= 4 is 16.1 Å². The van der Waals surface area contributed by atoms with Crippen molar-refractivity contribution in [2.24, 2.45) is 5.92 Å². The number of hydrogen-bond donors (Lipinski definition) is 1. The van der Waals surface area contributed by atoms with Gasteiger partial charge in [-0.1, -0.05) is 18.2 Å². The lowest BCUT2D eigenvalue weighted by molar-refractivity contribution is -0.126. The third kappa shape index (κ3) is 4.59. The first-order chi connectivity index (χ1) is 11.6. The quantitative estimate of drug-likeness (QED) is 0.865. The summed E-state index contributed by atoms with van der Waals surface area (Å²) in [6.45, 7) is 6.88. The fourth-order valence-electron chi connectivity index (χ4n) is 3.03. The molecule has 1 fully saturated rings. The van der Waals surface area contributed by atoms with Gasteiger partial charge in [0.15, 0.2) is 0 Å². The van der Waals surface area contributed by atoms with Crippen LogP contribution in [0.3, 0.4) is 0 Å². The molecule has 25 heavy (non-hydrogen) atoms. The van der Waals surface area contributed by atoms with Crippen molar-refractivity contribution in [2.45, 2.75) is 39.7 Å². The zero-order valence-electron chi connectivity index (χ0n) is 15.7. The van der Waals surface area contributed by atoms with Gasteiger partial charge in [-0.2, -0.15) is 17.0 Å². The topological polar surface area (TPSA) is 69.7 Å². The minimum atomic E-state index is -3.39. The number of amides is 1. The van der Waals surface area contributed by atoms with Crippen LogP contribution in [0.25, 0.3) is 0 Å². The lowest BCUT2D eigenvalue weighted by Gasteiger charge is -2.32. The maximum absolute atomic E-state index is 12.5. The predicted molar refractivity (Wildman–Crippen MR) is 99.4 cm³/mol. The lowest BCUT2D eigenvalue weighted by atomic mass is 9.96. The molecule has 1 aliphatic heterocycles. The normalized spacial score (nSPS) is 18.3. The molecule has 1 atom stereocenters. The number of nitrogens with zero attached hydrogens (tertiary/aromatic N) is 2. The second-order valence-corrected chi connectivity index (χ2v) is 9.18. The van der Waals surface area contributed by atoms with Crippen molar-refractivity contribution in [1.29, 1.82) is 0 Å². The Bertz CT molecular complexity index is 723. The van der Waals surface area contributed by atoms with Gasteiger partial charge in [-0.15, -0.1) is 0 Å². The minimum Gasteiger partial charge on any atom is -0.349 e. The Labute approximate surface area is 151 Å². The van der Waals surface area contributed by atoms with Crippen molar-refractivity contribution < 1.29 is 13.2 Å². The monoisotopic (exact) mass is 367 g/mol. The molecule has 1 heterocycles. The van der Waals surface area contributed by atoms with Gasteiger partial charge in [-0.05, 0) is 50.3 Å². The molecule has 0 bridgehead atoms. The van der Waals surface area contributed by atoms with Crippen LogP contribution in [0.5, 0.6) is 0 Å². The number of hydrogen-bond acceptors (Lipinski definition) is 3. The zero-order chi connectivity index (χ0) is 18.8. The van der Waals surface area contributed by atoms with Crippen LogP contribution in [0.15, 0.2) is 18.2 Å². The van der Waals surface area contributed by atoms with E-state index < -0.39 is 10.2 Å². The molecule has 0 radical (unpaired) electrons. The van der Waals surface area contributed by atoms with Crippen LogP contribution >= 0.6 is 0 Å².